The molecule has 0 saturated carbocycles. The molecule has 0 aliphatic carbocycles. The number of carbonyl (C=O) groups excluding carboxylic acids is 1. The predicted octanol–water partition coefficient (Wildman–Crippen LogP) is 7.22. The lowest BCUT2D eigenvalue weighted by atomic mass is 9.65. The molecule has 1 aliphatic heterocycles. The van der Waals surface area contributed by atoms with E-state index in [1.807, 2.05) is 29.2 Å². The summed E-state index contributed by atoms with van der Waals surface area (Å²) in [5.41, 5.74) is 5.30. The number of fused-ring (bicyclic) bond motifs is 2. The summed E-state index contributed by atoms with van der Waals surface area (Å²) in [6, 6.07) is 25.4. The second-order valence-corrected chi connectivity index (χ2v) is 11.9. The Morgan fingerprint density at radius 2 is 1.70 bits per heavy atom. The van der Waals surface area contributed by atoms with Crippen LogP contribution in [0.4, 0.5) is 5.69 Å². The van der Waals surface area contributed by atoms with Crippen molar-refractivity contribution in [2.75, 3.05) is 10.7 Å². The highest BCUT2D eigenvalue weighted by molar-refractivity contribution is 8.01. The van der Waals surface area contributed by atoms with Crippen LogP contribution in [0.1, 0.15) is 43.9 Å². The predicted molar refractivity (Wildman–Crippen MR) is 141 cm³/mol. The molecule has 0 spiro atoms. The van der Waals surface area contributed by atoms with Crippen molar-refractivity contribution in [3.8, 4) is 0 Å². The van der Waals surface area contributed by atoms with Crippen molar-refractivity contribution in [2.24, 2.45) is 0 Å². The van der Waals surface area contributed by atoms with Crippen LogP contribution in [-0.2, 0) is 10.2 Å². The number of hydrogen-bond donors (Lipinski definition) is 0. The Balaban J connectivity index is 1.47. The normalized spacial score (nSPS) is 19.5. The van der Waals surface area contributed by atoms with Gasteiger partial charge in [-0.25, -0.2) is 4.98 Å². The van der Waals surface area contributed by atoms with Gasteiger partial charge in [0.15, 0.2) is 4.34 Å². The van der Waals surface area contributed by atoms with Crippen molar-refractivity contribution >= 4 is 44.9 Å². The number of benzene rings is 3. The molecule has 3 aromatic carbocycles. The maximum absolute atomic E-state index is 13.6. The standard InChI is InChI=1S/C28H28N2OS2/c1-19-13-15-20(16-14-19)28(4)18-27(2,3)30(23-11-7-5-9-21(23)28)25(31)17-32-26-29-22-10-6-8-12-24(22)33-26/h5-16H,17-18H2,1-4H3/t28-/m0/s1. The number of amides is 1. The van der Waals surface area contributed by atoms with E-state index in [0.717, 1.165) is 26.7 Å². The van der Waals surface area contributed by atoms with Crippen LogP contribution in [0.3, 0.4) is 0 Å². The van der Waals surface area contributed by atoms with E-state index in [4.69, 9.17) is 4.98 Å². The summed E-state index contributed by atoms with van der Waals surface area (Å²) in [5.74, 6) is 0.501. The van der Waals surface area contributed by atoms with Gasteiger partial charge in [0, 0.05) is 16.6 Å². The molecular formula is C28H28N2OS2. The molecule has 2 heterocycles. The molecule has 1 aromatic heterocycles. The Morgan fingerprint density at radius 3 is 2.45 bits per heavy atom. The monoisotopic (exact) mass is 472 g/mol. The highest BCUT2D eigenvalue weighted by Crippen LogP contribution is 2.50. The number of aromatic nitrogens is 1. The molecule has 5 heteroatoms. The number of thioether (sulfide) groups is 1. The first kappa shape index (κ1) is 22.2. The fourth-order valence-electron chi connectivity index (χ4n) is 5.25. The van der Waals surface area contributed by atoms with Crippen LogP contribution >= 0.6 is 23.1 Å². The van der Waals surface area contributed by atoms with Gasteiger partial charge in [0.05, 0.1) is 16.0 Å². The van der Waals surface area contributed by atoms with E-state index in [0.29, 0.717) is 5.75 Å². The lowest BCUT2D eigenvalue weighted by Crippen LogP contribution is -2.56. The average Bonchev–Trinajstić information content (AvgIpc) is 3.20. The van der Waals surface area contributed by atoms with E-state index in [1.54, 1.807) is 11.3 Å². The van der Waals surface area contributed by atoms with Gasteiger partial charge < -0.3 is 4.90 Å². The maximum atomic E-state index is 13.6. The molecule has 5 rings (SSSR count). The Bertz CT molecular complexity index is 1290. The number of aryl methyl sites for hydroxylation is 1. The molecule has 0 saturated heterocycles. The van der Waals surface area contributed by atoms with Crippen molar-refractivity contribution in [2.45, 2.75) is 49.4 Å². The Labute approximate surface area is 203 Å². The van der Waals surface area contributed by atoms with Crippen LogP contribution in [0.15, 0.2) is 77.1 Å². The smallest absolute Gasteiger partial charge is 0.237 e. The third-order valence-corrected chi connectivity index (χ3v) is 8.83. The number of hydrogen-bond acceptors (Lipinski definition) is 4. The third kappa shape index (κ3) is 3.98. The number of nitrogens with zero attached hydrogens (tertiary/aromatic N) is 2. The van der Waals surface area contributed by atoms with Crippen molar-refractivity contribution in [3.63, 3.8) is 0 Å². The number of para-hydroxylation sites is 2. The number of carbonyl (C=O) groups is 1. The molecule has 0 fully saturated rings. The lowest BCUT2D eigenvalue weighted by molar-refractivity contribution is -0.117. The van der Waals surface area contributed by atoms with E-state index in [-0.39, 0.29) is 16.9 Å². The summed E-state index contributed by atoms with van der Waals surface area (Å²) in [4.78, 5) is 20.4. The molecule has 1 amide bonds. The van der Waals surface area contributed by atoms with Gasteiger partial charge in [-0.15, -0.1) is 11.3 Å². The van der Waals surface area contributed by atoms with Gasteiger partial charge in [0.2, 0.25) is 5.91 Å². The van der Waals surface area contributed by atoms with Gasteiger partial charge in [-0.3, -0.25) is 4.79 Å². The molecule has 4 aromatic rings. The van der Waals surface area contributed by atoms with Gasteiger partial charge in [0.25, 0.3) is 0 Å². The second kappa shape index (κ2) is 8.30. The topological polar surface area (TPSA) is 33.2 Å². The molecule has 0 N–H and O–H groups in total. The molecule has 1 aliphatic rings. The van der Waals surface area contributed by atoms with Gasteiger partial charge in [0.1, 0.15) is 0 Å². The molecule has 0 unspecified atom stereocenters. The summed E-state index contributed by atoms with van der Waals surface area (Å²) in [5, 5.41) is 0. The van der Waals surface area contributed by atoms with E-state index < -0.39 is 0 Å². The Kier molecular flexibility index (Phi) is 5.58. The zero-order valence-electron chi connectivity index (χ0n) is 19.5. The zero-order chi connectivity index (χ0) is 23.2. The highest BCUT2D eigenvalue weighted by Gasteiger charge is 2.47. The second-order valence-electron chi connectivity index (χ2n) is 9.67. The summed E-state index contributed by atoms with van der Waals surface area (Å²) in [6.45, 7) is 8.82. The largest absolute Gasteiger partial charge is 0.306 e. The van der Waals surface area contributed by atoms with Crippen molar-refractivity contribution in [3.05, 3.63) is 89.5 Å². The fourth-order valence-corrected chi connectivity index (χ4v) is 7.17. The summed E-state index contributed by atoms with van der Waals surface area (Å²) < 4.78 is 2.10. The first-order chi connectivity index (χ1) is 15.8. The minimum atomic E-state index is -0.320. The first-order valence-corrected chi connectivity index (χ1v) is 13.1. The Hall–Kier alpha value is -2.63. The lowest BCUT2D eigenvalue weighted by Gasteiger charge is -2.51. The van der Waals surface area contributed by atoms with E-state index in [2.05, 4.69) is 76.2 Å². The van der Waals surface area contributed by atoms with Gasteiger partial charge in [-0.2, -0.15) is 0 Å². The minimum Gasteiger partial charge on any atom is -0.306 e. The van der Waals surface area contributed by atoms with Crippen molar-refractivity contribution < 1.29 is 4.79 Å². The molecule has 1 atom stereocenters. The van der Waals surface area contributed by atoms with Gasteiger partial charge >= 0.3 is 0 Å². The van der Waals surface area contributed by atoms with Crippen LogP contribution in [0.25, 0.3) is 10.2 Å². The summed E-state index contributed by atoms with van der Waals surface area (Å²) >= 11 is 3.19. The molecule has 0 bridgehead atoms. The van der Waals surface area contributed by atoms with Crippen LogP contribution < -0.4 is 4.90 Å². The molecule has 168 valence electrons. The van der Waals surface area contributed by atoms with Crippen LogP contribution in [-0.4, -0.2) is 22.2 Å². The third-order valence-electron chi connectivity index (χ3n) is 6.66. The van der Waals surface area contributed by atoms with Crippen LogP contribution in [0.2, 0.25) is 0 Å². The molecule has 0 radical (unpaired) electrons. The molecule has 3 nitrogen and oxygen atoms in total. The number of thiazole rings is 1. The highest BCUT2D eigenvalue weighted by atomic mass is 32.2. The molecule has 33 heavy (non-hydrogen) atoms. The SMILES string of the molecule is Cc1ccc([C@]2(C)CC(C)(C)N(C(=O)CSc3nc4ccccc4s3)c3ccccc32)cc1. The first-order valence-electron chi connectivity index (χ1n) is 11.3. The van der Waals surface area contributed by atoms with E-state index in [9.17, 15) is 4.79 Å². The van der Waals surface area contributed by atoms with Crippen LogP contribution in [0.5, 0.6) is 0 Å². The summed E-state index contributed by atoms with van der Waals surface area (Å²) in [6.07, 6.45) is 0.859. The fraction of sp³-hybridized carbons (Fsp3) is 0.286. The number of rotatable bonds is 4. The van der Waals surface area contributed by atoms with Crippen LogP contribution in [0, 0.1) is 6.92 Å². The van der Waals surface area contributed by atoms with Crippen molar-refractivity contribution in [1.29, 1.82) is 0 Å². The zero-order valence-corrected chi connectivity index (χ0v) is 21.1. The number of anilines is 1. The molecular weight excluding hydrogens is 444 g/mol. The van der Waals surface area contributed by atoms with Gasteiger partial charge in [-0.05, 0) is 56.5 Å². The quantitative estimate of drug-likeness (QED) is 0.294. The Morgan fingerprint density at radius 1 is 1.00 bits per heavy atom. The van der Waals surface area contributed by atoms with E-state index >= 15 is 0 Å². The van der Waals surface area contributed by atoms with Gasteiger partial charge in [-0.1, -0.05) is 78.8 Å². The maximum Gasteiger partial charge on any atom is 0.237 e. The average molecular weight is 473 g/mol. The summed E-state index contributed by atoms with van der Waals surface area (Å²) in [7, 11) is 0. The minimum absolute atomic E-state index is 0.127. The van der Waals surface area contributed by atoms with E-state index in [1.165, 1.54) is 28.5 Å². The van der Waals surface area contributed by atoms with Crippen molar-refractivity contribution in [1.82, 2.24) is 4.98 Å².